The second kappa shape index (κ2) is 6.70. The van der Waals surface area contributed by atoms with E-state index in [-0.39, 0.29) is 6.09 Å². The predicted octanol–water partition coefficient (Wildman–Crippen LogP) is 1.44. The van der Waals surface area contributed by atoms with Crippen molar-refractivity contribution in [1.82, 2.24) is 10.2 Å². The van der Waals surface area contributed by atoms with Crippen molar-refractivity contribution in [1.29, 1.82) is 0 Å². The van der Waals surface area contributed by atoms with Crippen molar-refractivity contribution in [2.45, 2.75) is 32.8 Å². The molecule has 0 aromatic carbocycles. The molecule has 19 heavy (non-hydrogen) atoms. The summed E-state index contributed by atoms with van der Waals surface area (Å²) in [5.74, 6) is 0. The summed E-state index contributed by atoms with van der Waals surface area (Å²) in [6.07, 6.45) is 2.84. The number of nitrogens with one attached hydrogen (secondary N) is 1. The summed E-state index contributed by atoms with van der Waals surface area (Å²) in [5.41, 5.74) is 0.835. The predicted molar refractivity (Wildman–Crippen MR) is 76.7 cm³/mol. The third-order valence-electron chi connectivity index (χ3n) is 2.86. The first-order chi connectivity index (χ1) is 8.78. The monoisotopic (exact) mass is 268 g/mol. The summed E-state index contributed by atoms with van der Waals surface area (Å²) in [6, 6.07) is 0. The zero-order chi connectivity index (χ0) is 14.5. The molecule has 0 radical (unpaired) electrons. The Balaban J connectivity index is 2.21. The van der Waals surface area contributed by atoms with Gasteiger partial charge in [-0.05, 0) is 26.8 Å². The Labute approximate surface area is 115 Å². The maximum Gasteiger partial charge on any atom is 0.407 e. The second-order valence-electron chi connectivity index (χ2n) is 5.87. The van der Waals surface area contributed by atoms with Crippen LogP contribution >= 0.6 is 0 Å². The molecule has 1 amide bonds. The van der Waals surface area contributed by atoms with Crippen molar-refractivity contribution >= 4 is 12.8 Å². The Hall–Kier alpha value is -1.36. The number of carbonyl (C=O) groups is 1. The number of alkyl carbamates (subject to hydrolysis) is 1. The molecule has 0 spiro atoms. The summed E-state index contributed by atoms with van der Waals surface area (Å²) in [5, 5.41) is 2.77. The minimum Gasteiger partial charge on any atom is -0.444 e. The maximum atomic E-state index is 11.5. The number of amides is 1. The highest BCUT2D eigenvalue weighted by molar-refractivity contribution is 5.67. The molecule has 5 nitrogen and oxygen atoms in total. The van der Waals surface area contributed by atoms with Gasteiger partial charge >= 0.3 is 6.09 Å². The van der Waals surface area contributed by atoms with Crippen molar-refractivity contribution < 1.29 is 14.1 Å². The van der Waals surface area contributed by atoms with E-state index in [1.54, 1.807) is 0 Å². The van der Waals surface area contributed by atoms with Crippen molar-refractivity contribution in [2.75, 3.05) is 33.2 Å². The van der Waals surface area contributed by atoms with Gasteiger partial charge in [0.1, 0.15) is 19.4 Å². The molecule has 0 saturated heterocycles. The smallest absolute Gasteiger partial charge is 0.407 e. The molecule has 0 bridgehead atoms. The molecule has 0 aromatic heterocycles. The average molecular weight is 268 g/mol. The number of rotatable bonds is 4. The first kappa shape index (κ1) is 15.7. The van der Waals surface area contributed by atoms with E-state index in [2.05, 4.69) is 23.0 Å². The number of nitrogens with zero attached hydrogens (tertiary/aromatic N) is 2. The van der Waals surface area contributed by atoms with Crippen molar-refractivity contribution in [3.63, 3.8) is 0 Å². The number of hydrogen-bond donors (Lipinski definition) is 1. The number of ether oxygens (including phenoxy) is 1. The van der Waals surface area contributed by atoms with Crippen LogP contribution in [0.15, 0.2) is 11.8 Å². The van der Waals surface area contributed by atoms with Crippen LogP contribution in [0, 0.1) is 0 Å². The van der Waals surface area contributed by atoms with Gasteiger partial charge < -0.3 is 10.1 Å². The van der Waals surface area contributed by atoms with Gasteiger partial charge in [0, 0.05) is 32.6 Å². The molecular formula is C14H26N3O2+. The molecule has 0 aromatic rings. The molecule has 0 saturated carbocycles. The average Bonchev–Trinajstić information content (AvgIpc) is 2.27. The Morgan fingerprint density at radius 3 is 2.74 bits per heavy atom. The number of hydrogen-bond acceptors (Lipinski definition) is 3. The lowest BCUT2D eigenvalue weighted by Gasteiger charge is -2.24. The molecule has 108 valence electrons. The van der Waals surface area contributed by atoms with Crippen molar-refractivity contribution in [2.24, 2.45) is 0 Å². The quantitative estimate of drug-likeness (QED) is 0.620. The molecule has 1 N–H and O–H groups in total. The third-order valence-corrected chi connectivity index (χ3v) is 2.86. The van der Waals surface area contributed by atoms with E-state index < -0.39 is 5.60 Å². The molecule has 5 heteroatoms. The molecule has 0 fully saturated rings. The van der Waals surface area contributed by atoms with Gasteiger partial charge in [0.2, 0.25) is 0 Å². The number of carbonyl (C=O) groups excluding carboxylic acids is 1. The van der Waals surface area contributed by atoms with Crippen LogP contribution in [0.4, 0.5) is 4.79 Å². The SMILES string of the molecule is C=[N+](C)C1=CCN(CCNC(=O)OC(C)(C)C)CC1. The van der Waals surface area contributed by atoms with Crippen LogP contribution in [0.2, 0.25) is 0 Å². The summed E-state index contributed by atoms with van der Waals surface area (Å²) in [7, 11) is 1.96. The topological polar surface area (TPSA) is 44.6 Å². The molecule has 0 aliphatic carbocycles. The highest BCUT2D eigenvalue weighted by Gasteiger charge is 2.18. The first-order valence-electron chi connectivity index (χ1n) is 6.70. The van der Waals surface area contributed by atoms with Crippen LogP contribution in [0.25, 0.3) is 0 Å². The van der Waals surface area contributed by atoms with Crippen LogP contribution in [-0.4, -0.2) is 61.1 Å². The molecule has 1 aliphatic heterocycles. The van der Waals surface area contributed by atoms with E-state index in [0.29, 0.717) is 6.54 Å². The van der Waals surface area contributed by atoms with Gasteiger partial charge in [0.15, 0.2) is 5.70 Å². The Kier molecular flexibility index (Phi) is 5.54. The van der Waals surface area contributed by atoms with Crippen LogP contribution in [-0.2, 0) is 4.74 Å². The fourth-order valence-electron chi connectivity index (χ4n) is 1.88. The van der Waals surface area contributed by atoms with E-state index in [1.807, 2.05) is 32.4 Å². The van der Waals surface area contributed by atoms with Crippen molar-refractivity contribution in [3.05, 3.63) is 11.8 Å². The standard InChI is InChI=1S/C14H25N3O2/c1-14(2,3)19-13(18)15-8-11-17-9-6-12(7-10-17)16(4)5/h6H,4,7-11H2,1-3,5H3/p+1. The molecule has 0 atom stereocenters. The molecule has 1 heterocycles. The van der Waals surface area contributed by atoms with Gasteiger partial charge in [-0.3, -0.25) is 4.90 Å². The highest BCUT2D eigenvalue weighted by Crippen LogP contribution is 2.10. The fraction of sp³-hybridized carbons (Fsp3) is 0.714. The van der Waals surface area contributed by atoms with Gasteiger partial charge in [-0.2, -0.15) is 0 Å². The van der Waals surface area contributed by atoms with E-state index >= 15 is 0 Å². The Morgan fingerprint density at radius 2 is 2.26 bits per heavy atom. The highest BCUT2D eigenvalue weighted by atomic mass is 16.6. The molecule has 0 unspecified atom stereocenters. The van der Waals surface area contributed by atoms with Crippen LogP contribution < -0.4 is 5.32 Å². The Bertz CT molecular complexity index is 369. The summed E-state index contributed by atoms with van der Waals surface area (Å²) in [4.78, 5) is 13.8. The second-order valence-corrected chi connectivity index (χ2v) is 5.87. The van der Waals surface area contributed by atoms with Gasteiger partial charge in [-0.15, -0.1) is 0 Å². The summed E-state index contributed by atoms with van der Waals surface area (Å²) >= 11 is 0. The van der Waals surface area contributed by atoms with Gasteiger partial charge in [-0.25, -0.2) is 9.37 Å². The minimum absolute atomic E-state index is 0.349. The summed E-state index contributed by atoms with van der Waals surface area (Å²) in [6.45, 7) is 12.8. The van der Waals surface area contributed by atoms with Gasteiger partial charge in [0.05, 0.1) is 0 Å². The normalized spacial score (nSPS) is 16.7. The lowest BCUT2D eigenvalue weighted by Crippen LogP contribution is -2.39. The van der Waals surface area contributed by atoms with Crippen molar-refractivity contribution in [3.8, 4) is 0 Å². The third kappa shape index (κ3) is 6.38. The summed E-state index contributed by atoms with van der Waals surface area (Å²) < 4.78 is 7.09. The zero-order valence-corrected chi connectivity index (χ0v) is 12.5. The van der Waals surface area contributed by atoms with Gasteiger partial charge in [-0.1, -0.05) is 0 Å². The molecule has 1 rings (SSSR count). The largest absolute Gasteiger partial charge is 0.444 e. The fourth-order valence-corrected chi connectivity index (χ4v) is 1.88. The lowest BCUT2D eigenvalue weighted by molar-refractivity contribution is -0.438. The van der Waals surface area contributed by atoms with Crippen LogP contribution in [0.3, 0.4) is 0 Å². The molecule has 1 aliphatic rings. The van der Waals surface area contributed by atoms with Gasteiger partial charge in [0.25, 0.3) is 0 Å². The maximum absolute atomic E-state index is 11.5. The van der Waals surface area contributed by atoms with Crippen LogP contribution in [0.1, 0.15) is 27.2 Å². The van der Waals surface area contributed by atoms with E-state index in [0.717, 1.165) is 26.1 Å². The lowest BCUT2D eigenvalue weighted by atomic mass is 10.2. The zero-order valence-electron chi connectivity index (χ0n) is 12.5. The minimum atomic E-state index is -0.439. The van der Waals surface area contributed by atoms with E-state index in [4.69, 9.17) is 4.74 Å². The Morgan fingerprint density at radius 1 is 1.58 bits per heavy atom. The molecular weight excluding hydrogens is 242 g/mol. The van der Waals surface area contributed by atoms with E-state index in [9.17, 15) is 4.79 Å². The van der Waals surface area contributed by atoms with E-state index in [1.165, 1.54) is 5.70 Å². The van der Waals surface area contributed by atoms with Crippen LogP contribution in [0.5, 0.6) is 0 Å². The first-order valence-corrected chi connectivity index (χ1v) is 6.70.